The van der Waals surface area contributed by atoms with Crippen molar-refractivity contribution in [2.24, 2.45) is 5.92 Å². The van der Waals surface area contributed by atoms with E-state index in [-0.39, 0.29) is 29.4 Å². The molecule has 2 heterocycles. The summed E-state index contributed by atoms with van der Waals surface area (Å²) < 4.78 is 24.3. The van der Waals surface area contributed by atoms with Crippen molar-refractivity contribution in [3.05, 3.63) is 28.2 Å². The molecule has 2 aliphatic rings. The summed E-state index contributed by atoms with van der Waals surface area (Å²) in [6.45, 7) is 1.97. The van der Waals surface area contributed by atoms with Crippen LogP contribution in [0.1, 0.15) is 12.0 Å². The largest absolute Gasteiger partial charge is 0.308 e. The lowest BCUT2D eigenvalue weighted by molar-refractivity contribution is -0.117. The first kappa shape index (κ1) is 13.1. The van der Waals surface area contributed by atoms with Crippen LogP contribution >= 0.6 is 15.9 Å². The number of nitrogens with zero attached hydrogens (tertiary/aromatic N) is 1. The molecular weight excluding hydrogens is 330 g/mol. The van der Waals surface area contributed by atoms with E-state index >= 15 is 0 Å². The zero-order valence-corrected chi connectivity index (χ0v) is 12.9. The molecule has 0 spiro atoms. The SMILES string of the molecule is Cc1ccc(N2C(=O)C[C@@H]3CS(=O)(=O)C[C@H]32)cc1Br. The molecule has 1 amide bonds. The molecule has 2 fully saturated rings. The maximum Gasteiger partial charge on any atom is 0.227 e. The van der Waals surface area contributed by atoms with Crippen LogP contribution in [0.2, 0.25) is 0 Å². The summed E-state index contributed by atoms with van der Waals surface area (Å²) in [5.41, 5.74) is 1.87. The Morgan fingerprint density at radius 1 is 1.32 bits per heavy atom. The first-order chi connectivity index (χ1) is 8.87. The molecule has 0 N–H and O–H groups in total. The number of sulfone groups is 1. The summed E-state index contributed by atoms with van der Waals surface area (Å²) in [5.74, 6) is 0.222. The fourth-order valence-electron chi connectivity index (χ4n) is 2.96. The Hall–Kier alpha value is -0.880. The summed E-state index contributed by atoms with van der Waals surface area (Å²) in [6.07, 6.45) is 0.343. The molecule has 0 unspecified atom stereocenters. The first-order valence-corrected chi connectivity index (χ1v) is 8.77. The second-order valence-corrected chi connectivity index (χ2v) is 8.31. The summed E-state index contributed by atoms with van der Waals surface area (Å²) in [4.78, 5) is 13.8. The number of fused-ring (bicyclic) bond motifs is 1. The summed E-state index contributed by atoms with van der Waals surface area (Å²) in [5, 5.41) is 0. The minimum Gasteiger partial charge on any atom is -0.308 e. The van der Waals surface area contributed by atoms with Gasteiger partial charge < -0.3 is 4.90 Å². The lowest BCUT2D eigenvalue weighted by atomic mass is 10.0. The van der Waals surface area contributed by atoms with Gasteiger partial charge in [-0.3, -0.25) is 4.79 Å². The Balaban J connectivity index is 1.99. The minimum atomic E-state index is -2.99. The second kappa shape index (κ2) is 4.31. The topological polar surface area (TPSA) is 54.5 Å². The molecule has 6 heteroatoms. The molecule has 3 rings (SSSR count). The predicted octanol–water partition coefficient (Wildman–Crippen LogP) is 1.91. The van der Waals surface area contributed by atoms with Gasteiger partial charge in [-0.1, -0.05) is 22.0 Å². The maximum absolute atomic E-state index is 12.1. The average Bonchev–Trinajstić information content (AvgIpc) is 2.73. The lowest BCUT2D eigenvalue weighted by Gasteiger charge is -2.23. The maximum atomic E-state index is 12.1. The van der Waals surface area contributed by atoms with Gasteiger partial charge in [0.2, 0.25) is 5.91 Å². The Labute approximate surface area is 120 Å². The van der Waals surface area contributed by atoms with Crippen molar-refractivity contribution in [1.29, 1.82) is 0 Å². The quantitative estimate of drug-likeness (QED) is 0.782. The molecule has 2 atom stereocenters. The van der Waals surface area contributed by atoms with Gasteiger partial charge >= 0.3 is 0 Å². The molecule has 0 saturated carbocycles. The molecular formula is C13H14BrNO3S. The molecule has 102 valence electrons. The van der Waals surface area contributed by atoms with Gasteiger partial charge in [-0.15, -0.1) is 0 Å². The van der Waals surface area contributed by atoms with Crippen molar-refractivity contribution in [3.63, 3.8) is 0 Å². The van der Waals surface area contributed by atoms with E-state index in [0.29, 0.717) is 6.42 Å². The highest BCUT2D eigenvalue weighted by molar-refractivity contribution is 9.10. The van der Waals surface area contributed by atoms with Crippen molar-refractivity contribution in [1.82, 2.24) is 0 Å². The van der Waals surface area contributed by atoms with E-state index in [2.05, 4.69) is 15.9 Å². The number of hydrogen-bond acceptors (Lipinski definition) is 3. The fraction of sp³-hybridized carbons (Fsp3) is 0.462. The van der Waals surface area contributed by atoms with E-state index in [0.717, 1.165) is 15.7 Å². The smallest absolute Gasteiger partial charge is 0.227 e. The van der Waals surface area contributed by atoms with E-state index in [1.54, 1.807) is 4.90 Å². The standard InChI is InChI=1S/C13H14BrNO3S/c1-8-2-3-10(5-11(8)14)15-12-7-19(17,18)6-9(12)4-13(15)16/h2-3,5,9,12H,4,6-7H2,1H3/t9-,12-/m1/s1. The highest BCUT2D eigenvalue weighted by atomic mass is 79.9. The van der Waals surface area contributed by atoms with E-state index < -0.39 is 9.84 Å². The Kier molecular flexibility index (Phi) is 2.98. The van der Waals surface area contributed by atoms with Gasteiger partial charge in [0.15, 0.2) is 9.84 Å². The molecule has 1 aromatic carbocycles. The highest BCUT2D eigenvalue weighted by Crippen LogP contribution is 2.38. The number of anilines is 1. The van der Waals surface area contributed by atoms with E-state index in [4.69, 9.17) is 0 Å². The minimum absolute atomic E-state index is 0.0284. The fourth-order valence-corrected chi connectivity index (χ4v) is 5.39. The number of carbonyl (C=O) groups excluding carboxylic acids is 1. The van der Waals surface area contributed by atoms with E-state index in [1.807, 2.05) is 25.1 Å². The predicted molar refractivity (Wildman–Crippen MR) is 76.9 cm³/mol. The van der Waals surface area contributed by atoms with Crippen molar-refractivity contribution in [2.75, 3.05) is 16.4 Å². The molecule has 2 saturated heterocycles. The van der Waals surface area contributed by atoms with Gasteiger partial charge in [-0.25, -0.2) is 8.42 Å². The van der Waals surface area contributed by atoms with Crippen LogP contribution in [-0.4, -0.2) is 31.9 Å². The van der Waals surface area contributed by atoms with Crippen LogP contribution in [0.15, 0.2) is 22.7 Å². The number of aryl methyl sites for hydroxylation is 1. The Morgan fingerprint density at radius 3 is 2.74 bits per heavy atom. The van der Waals surface area contributed by atoms with Crippen LogP contribution in [-0.2, 0) is 14.6 Å². The second-order valence-electron chi connectivity index (χ2n) is 5.31. The van der Waals surface area contributed by atoms with Crippen molar-refractivity contribution in [2.45, 2.75) is 19.4 Å². The highest BCUT2D eigenvalue weighted by Gasteiger charge is 2.49. The zero-order valence-electron chi connectivity index (χ0n) is 10.5. The van der Waals surface area contributed by atoms with Crippen molar-refractivity contribution < 1.29 is 13.2 Å². The van der Waals surface area contributed by atoms with Crippen LogP contribution in [0, 0.1) is 12.8 Å². The number of hydrogen-bond donors (Lipinski definition) is 0. The third-order valence-corrected chi connectivity index (χ3v) is 6.55. The van der Waals surface area contributed by atoms with Gasteiger partial charge in [-0.2, -0.15) is 0 Å². The third kappa shape index (κ3) is 2.21. The van der Waals surface area contributed by atoms with Gasteiger partial charge in [0.25, 0.3) is 0 Å². The Morgan fingerprint density at radius 2 is 2.05 bits per heavy atom. The molecule has 0 bridgehead atoms. The number of benzene rings is 1. The lowest BCUT2D eigenvalue weighted by Crippen LogP contribution is -2.36. The molecule has 2 aliphatic heterocycles. The molecule has 19 heavy (non-hydrogen) atoms. The van der Waals surface area contributed by atoms with Crippen LogP contribution in [0.25, 0.3) is 0 Å². The number of halogens is 1. The van der Waals surface area contributed by atoms with Crippen molar-refractivity contribution in [3.8, 4) is 0 Å². The number of rotatable bonds is 1. The molecule has 0 radical (unpaired) electrons. The third-order valence-electron chi connectivity index (χ3n) is 3.91. The number of amides is 1. The van der Waals surface area contributed by atoms with Crippen LogP contribution in [0.5, 0.6) is 0 Å². The summed E-state index contributed by atoms with van der Waals surface area (Å²) >= 11 is 3.45. The van der Waals surface area contributed by atoms with Crippen molar-refractivity contribution >= 4 is 37.4 Å². The summed E-state index contributed by atoms with van der Waals surface area (Å²) in [6, 6.07) is 5.52. The Bertz CT molecular complexity index is 656. The number of carbonyl (C=O) groups is 1. The van der Waals surface area contributed by atoms with E-state index in [9.17, 15) is 13.2 Å². The van der Waals surface area contributed by atoms with Gasteiger partial charge in [0, 0.05) is 22.5 Å². The van der Waals surface area contributed by atoms with Crippen LogP contribution in [0.3, 0.4) is 0 Å². The van der Waals surface area contributed by atoms with Crippen LogP contribution in [0.4, 0.5) is 5.69 Å². The molecule has 1 aromatic rings. The van der Waals surface area contributed by atoms with Gasteiger partial charge in [0.1, 0.15) is 0 Å². The monoisotopic (exact) mass is 343 g/mol. The summed E-state index contributed by atoms with van der Waals surface area (Å²) in [7, 11) is -2.99. The first-order valence-electron chi connectivity index (χ1n) is 6.16. The molecule has 4 nitrogen and oxygen atoms in total. The molecule has 0 aromatic heterocycles. The normalized spacial score (nSPS) is 28.7. The van der Waals surface area contributed by atoms with Crippen LogP contribution < -0.4 is 4.90 Å². The average molecular weight is 344 g/mol. The van der Waals surface area contributed by atoms with Gasteiger partial charge in [-0.05, 0) is 24.6 Å². The molecule has 0 aliphatic carbocycles. The zero-order chi connectivity index (χ0) is 13.8. The van der Waals surface area contributed by atoms with Gasteiger partial charge in [0.05, 0.1) is 17.5 Å². The van der Waals surface area contributed by atoms with E-state index in [1.165, 1.54) is 0 Å².